The van der Waals surface area contributed by atoms with Gasteiger partial charge in [-0.3, -0.25) is 9.69 Å². The summed E-state index contributed by atoms with van der Waals surface area (Å²) in [6.45, 7) is 0. The van der Waals surface area contributed by atoms with Gasteiger partial charge in [0.05, 0.1) is 11.3 Å². The molecule has 0 fully saturated rings. The van der Waals surface area contributed by atoms with Gasteiger partial charge in [0.15, 0.2) is 0 Å². The van der Waals surface area contributed by atoms with Gasteiger partial charge in [-0.1, -0.05) is 84.9 Å². The third kappa shape index (κ3) is 3.56. The highest BCUT2D eigenvalue weighted by Gasteiger charge is 2.31. The minimum absolute atomic E-state index is 0.0191. The number of carbonyl (C=O) groups excluding carboxylic acids is 1. The van der Waals surface area contributed by atoms with Gasteiger partial charge in [-0.25, -0.2) is 0 Å². The lowest BCUT2D eigenvalue weighted by Gasteiger charge is -2.25. The Hall–Kier alpha value is -5.15. The fourth-order valence-corrected chi connectivity index (χ4v) is 5.46. The van der Waals surface area contributed by atoms with Crippen LogP contribution in [0.3, 0.4) is 0 Å². The number of amides is 1. The number of para-hydroxylation sites is 3. The first-order valence-corrected chi connectivity index (χ1v) is 12.8. The van der Waals surface area contributed by atoms with E-state index in [4.69, 9.17) is 0 Å². The first-order valence-electron chi connectivity index (χ1n) is 12.8. The average Bonchev–Trinajstić information content (AvgIpc) is 3.28. The molecule has 0 aliphatic carbocycles. The van der Waals surface area contributed by atoms with Crippen molar-refractivity contribution in [1.29, 1.82) is 0 Å². The standard InChI is InChI=1S/C35H24N2O/c38-35-32-18-10-17-31-30(23-24-33(34(31)32)37(35)28-15-8-3-9-16-28)25-19-21-29(22-20-25)36(26-11-4-1-5-12-26)27-13-6-2-7-14-27/h1-24H. The molecule has 38 heavy (non-hydrogen) atoms. The van der Waals surface area contributed by atoms with Crippen molar-refractivity contribution < 1.29 is 4.79 Å². The Bertz CT molecular complexity index is 1720. The van der Waals surface area contributed by atoms with E-state index in [2.05, 4.69) is 95.9 Å². The summed E-state index contributed by atoms with van der Waals surface area (Å²) in [5.74, 6) is 0.0191. The molecule has 0 bridgehead atoms. The van der Waals surface area contributed by atoms with Gasteiger partial charge < -0.3 is 4.90 Å². The first kappa shape index (κ1) is 22.1. The maximum Gasteiger partial charge on any atom is 0.263 e. The zero-order chi connectivity index (χ0) is 25.5. The molecule has 6 aromatic rings. The van der Waals surface area contributed by atoms with Crippen molar-refractivity contribution in [3.8, 4) is 11.1 Å². The molecule has 1 aliphatic rings. The third-order valence-corrected chi connectivity index (χ3v) is 7.17. The molecule has 0 saturated carbocycles. The first-order chi connectivity index (χ1) is 18.8. The van der Waals surface area contributed by atoms with Crippen LogP contribution in [-0.4, -0.2) is 5.91 Å². The van der Waals surface area contributed by atoms with Gasteiger partial charge >= 0.3 is 0 Å². The molecule has 0 aromatic heterocycles. The summed E-state index contributed by atoms with van der Waals surface area (Å²) in [4.78, 5) is 17.5. The number of hydrogen-bond acceptors (Lipinski definition) is 2. The lowest BCUT2D eigenvalue weighted by atomic mass is 9.95. The van der Waals surface area contributed by atoms with Crippen LogP contribution in [0.4, 0.5) is 28.4 Å². The van der Waals surface area contributed by atoms with Gasteiger partial charge in [0.2, 0.25) is 0 Å². The van der Waals surface area contributed by atoms with Crippen molar-refractivity contribution in [1.82, 2.24) is 0 Å². The molecule has 1 amide bonds. The van der Waals surface area contributed by atoms with E-state index in [1.165, 1.54) is 0 Å². The van der Waals surface area contributed by atoms with Crippen LogP contribution in [0.15, 0.2) is 146 Å². The minimum Gasteiger partial charge on any atom is -0.311 e. The lowest BCUT2D eigenvalue weighted by Crippen LogP contribution is -2.20. The van der Waals surface area contributed by atoms with Gasteiger partial charge in [-0.15, -0.1) is 0 Å². The Morgan fingerprint density at radius 2 is 1.05 bits per heavy atom. The van der Waals surface area contributed by atoms with Gasteiger partial charge in [0, 0.05) is 28.1 Å². The van der Waals surface area contributed by atoms with Crippen LogP contribution >= 0.6 is 0 Å². The van der Waals surface area contributed by atoms with E-state index in [9.17, 15) is 4.79 Å². The lowest BCUT2D eigenvalue weighted by molar-refractivity contribution is 0.100. The second-order valence-electron chi connectivity index (χ2n) is 9.39. The predicted octanol–water partition coefficient (Wildman–Crippen LogP) is 9.27. The molecule has 0 spiro atoms. The number of rotatable bonds is 5. The van der Waals surface area contributed by atoms with Crippen molar-refractivity contribution >= 4 is 45.1 Å². The molecule has 0 unspecified atom stereocenters. The zero-order valence-electron chi connectivity index (χ0n) is 20.7. The fraction of sp³-hybridized carbons (Fsp3) is 0. The van der Waals surface area contributed by atoms with Gasteiger partial charge in [-0.05, 0) is 77.2 Å². The molecule has 180 valence electrons. The quantitative estimate of drug-likeness (QED) is 0.241. The van der Waals surface area contributed by atoms with Crippen LogP contribution in [0.5, 0.6) is 0 Å². The highest BCUT2D eigenvalue weighted by atomic mass is 16.2. The maximum atomic E-state index is 13.4. The Balaban J connectivity index is 1.32. The van der Waals surface area contributed by atoms with Gasteiger partial charge in [-0.2, -0.15) is 0 Å². The van der Waals surface area contributed by atoms with E-state index in [-0.39, 0.29) is 5.91 Å². The van der Waals surface area contributed by atoms with Crippen molar-refractivity contribution in [3.05, 3.63) is 151 Å². The van der Waals surface area contributed by atoms with Crippen LogP contribution in [-0.2, 0) is 0 Å². The summed E-state index contributed by atoms with van der Waals surface area (Å²) in [6, 6.07) is 49.6. The van der Waals surface area contributed by atoms with E-state index >= 15 is 0 Å². The molecule has 0 atom stereocenters. The molecule has 1 heterocycles. The largest absolute Gasteiger partial charge is 0.311 e. The van der Waals surface area contributed by atoms with Crippen molar-refractivity contribution in [2.24, 2.45) is 0 Å². The predicted molar refractivity (Wildman–Crippen MR) is 157 cm³/mol. The molecule has 7 rings (SSSR count). The molecule has 3 heteroatoms. The van der Waals surface area contributed by atoms with E-state index in [0.717, 1.165) is 55.9 Å². The second-order valence-corrected chi connectivity index (χ2v) is 9.39. The van der Waals surface area contributed by atoms with Gasteiger partial charge in [0.25, 0.3) is 5.91 Å². The summed E-state index contributed by atoms with van der Waals surface area (Å²) in [5.41, 5.74) is 8.10. The highest BCUT2D eigenvalue weighted by Crippen LogP contribution is 2.45. The number of carbonyl (C=O) groups is 1. The number of anilines is 5. The molecular weight excluding hydrogens is 464 g/mol. The van der Waals surface area contributed by atoms with Crippen LogP contribution in [0.25, 0.3) is 21.9 Å². The molecule has 0 saturated heterocycles. The molecule has 1 aliphatic heterocycles. The average molecular weight is 489 g/mol. The van der Waals surface area contributed by atoms with E-state index in [1.54, 1.807) is 0 Å². The third-order valence-electron chi connectivity index (χ3n) is 7.17. The van der Waals surface area contributed by atoms with Crippen LogP contribution in [0.1, 0.15) is 10.4 Å². The Labute approximate surface area is 221 Å². The topological polar surface area (TPSA) is 23.6 Å². The Kier molecular flexibility index (Phi) is 5.26. The van der Waals surface area contributed by atoms with Crippen LogP contribution < -0.4 is 9.80 Å². The zero-order valence-corrected chi connectivity index (χ0v) is 20.7. The van der Waals surface area contributed by atoms with Crippen LogP contribution in [0, 0.1) is 0 Å². The fourth-order valence-electron chi connectivity index (χ4n) is 5.46. The number of nitrogens with zero attached hydrogens (tertiary/aromatic N) is 2. The summed E-state index contributed by atoms with van der Waals surface area (Å²) >= 11 is 0. The molecule has 6 aromatic carbocycles. The van der Waals surface area contributed by atoms with E-state index in [1.807, 2.05) is 59.5 Å². The van der Waals surface area contributed by atoms with Crippen LogP contribution in [0.2, 0.25) is 0 Å². The van der Waals surface area contributed by atoms with Crippen molar-refractivity contribution in [2.75, 3.05) is 9.80 Å². The second kappa shape index (κ2) is 9.06. The van der Waals surface area contributed by atoms with Gasteiger partial charge in [0.1, 0.15) is 0 Å². The molecule has 0 radical (unpaired) electrons. The van der Waals surface area contributed by atoms with Crippen molar-refractivity contribution in [3.63, 3.8) is 0 Å². The SMILES string of the molecule is O=C1c2cccc3c(-c4ccc(N(c5ccccc5)c5ccccc5)cc4)ccc(c23)N1c1ccccc1. The summed E-state index contributed by atoms with van der Waals surface area (Å²) in [7, 11) is 0. The summed E-state index contributed by atoms with van der Waals surface area (Å²) in [5, 5.41) is 2.10. The summed E-state index contributed by atoms with van der Waals surface area (Å²) in [6.07, 6.45) is 0. The Morgan fingerprint density at radius 3 is 1.68 bits per heavy atom. The normalized spacial score (nSPS) is 12.2. The molecule has 3 nitrogen and oxygen atoms in total. The molecule has 0 N–H and O–H groups in total. The highest BCUT2D eigenvalue weighted by molar-refractivity contribution is 6.29. The minimum atomic E-state index is 0.0191. The van der Waals surface area contributed by atoms with Crippen molar-refractivity contribution in [2.45, 2.75) is 0 Å². The Morgan fingerprint density at radius 1 is 0.474 bits per heavy atom. The maximum absolute atomic E-state index is 13.4. The number of hydrogen-bond donors (Lipinski definition) is 0. The molecular formula is C35H24N2O. The monoisotopic (exact) mass is 488 g/mol. The van der Waals surface area contributed by atoms with E-state index in [0.29, 0.717) is 0 Å². The van der Waals surface area contributed by atoms with E-state index < -0.39 is 0 Å². The summed E-state index contributed by atoms with van der Waals surface area (Å²) < 4.78 is 0. The smallest absolute Gasteiger partial charge is 0.263 e. The number of benzene rings is 6.